The molecule has 1 amide bonds. The quantitative estimate of drug-likeness (QED) is 0.285. The highest BCUT2D eigenvalue weighted by Gasteiger charge is 2.37. The van der Waals surface area contributed by atoms with E-state index in [2.05, 4.69) is 15.2 Å². The van der Waals surface area contributed by atoms with E-state index in [4.69, 9.17) is 14.3 Å². The molecule has 0 bridgehead atoms. The summed E-state index contributed by atoms with van der Waals surface area (Å²) in [5.41, 5.74) is 1.51. The van der Waals surface area contributed by atoms with E-state index in [1.807, 2.05) is 4.72 Å². The molecule has 1 atom stereocenters. The van der Waals surface area contributed by atoms with Crippen molar-refractivity contribution in [3.8, 4) is 0 Å². The number of thiazole rings is 1. The smallest absolute Gasteiger partial charge is 0.274 e. The number of nitrogens with two attached hydrogens (primary N) is 1. The van der Waals surface area contributed by atoms with Gasteiger partial charge in [0.1, 0.15) is 5.01 Å². The molecule has 0 saturated carbocycles. The fraction of sp³-hybridized carbons (Fsp3) is 0.304. The Hall–Kier alpha value is -3.28. The van der Waals surface area contributed by atoms with Crippen LogP contribution < -0.4 is 9.86 Å². The highest BCUT2D eigenvalue weighted by atomic mass is 32.2. The Morgan fingerprint density at radius 3 is 2.54 bits per heavy atom. The van der Waals surface area contributed by atoms with Crippen molar-refractivity contribution >= 4 is 47.5 Å². The minimum atomic E-state index is -4.04. The Kier molecular flexibility index (Phi) is 7.75. The number of ether oxygens (including phenoxy) is 1. The molecule has 2 aromatic heterocycles. The number of carbonyl (C=O) groups is 1. The summed E-state index contributed by atoms with van der Waals surface area (Å²) in [4.78, 5) is 19.2. The lowest BCUT2D eigenvalue weighted by molar-refractivity contribution is 0.0303. The van der Waals surface area contributed by atoms with Crippen LogP contribution in [0.2, 0.25) is 0 Å². The number of carbonyl (C=O) groups excluding carboxylic acids is 1. The molecule has 3 heterocycles. The Morgan fingerprint density at radius 1 is 1.08 bits per heavy atom. The maximum atomic E-state index is 13.7. The van der Waals surface area contributed by atoms with Crippen molar-refractivity contribution in [2.24, 2.45) is 5.14 Å². The maximum absolute atomic E-state index is 13.7. The van der Waals surface area contributed by atoms with Crippen molar-refractivity contribution in [3.05, 3.63) is 76.4 Å². The zero-order valence-corrected chi connectivity index (χ0v) is 22.8. The van der Waals surface area contributed by atoms with Gasteiger partial charge >= 0.3 is 0 Å². The summed E-state index contributed by atoms with van der Waals surface area (Å²) in [5, 5.41) is 11.4. The summed E-state index contributed by atoms with van der Waals surface area (Å²) in [6.07, 6.45) is 0. The van der Waals surface area contributed by atoms with Crippen LogP contribution in [0.5, 0.6) is 0 Å². The van der Waals surface area contributed by atoms with Gasteiger partial charge in [-0.2, -0.15) is 13.1 Å². The molecule has 13 nitrogen and oxygen atoms in total. The van der Waals surface area contributed by atoms with Crippen molar-refractivity contribution in [2.45, 2.75) is 17.5 Å². The van der Waals surface area contributed by atoms with Gasteiger partial charge < -0.3 is 14.1 Å². The molecular weight excluding hydrogens is 568 g/mol. The predicted molar refractivity (Wildman–Crippen MR) is 141 cm³/mol. The van der Waals surface area contributed by atoms with Gasteiger partial charge in [0.15, 0.2) is 15.1 Å². The molecule has 1 aliphatic rings. The monoisotopic (exact) mass is 592 g/mol. The van der Waals surface area contributed by atoms with E-state index in [0.717, 1.165) is 11.3 Å². The van der Waals surface area contributed by atoms with Gasteiger partial charge in [0.2, 0.25) is 11.8 Å². The SMILES string of the molecule is NS(=O)(=O)NCc1nnc(C(c2nc3ccc(C(=O)N4CCOCC4)cc3s2)S(=O)(=O)Cc2ccccc2)o1. The number of hydrogen-bond acceptors (Lipinski definition) is 11. The number of aromatic nitrogens is 3. The third-order valence-corrected chi connectivity index (χ3v) is 9.53. The topological polar surface area (TPSA) is 188 Å². The van der Waals surface area contributed by atoms with E-state index in [0.29, 0.717) is 47.6 Å². The summed E-state index contributed by atoms with van der Waals surface area (Å²) in [6, 6.07) is 13.6. The minimum Gasteiger partial charge on any atom is -0.422 e. The van der Waals surface area contributed by atoms with Crippen LogP contribution in [-0.2, 0) is 37.1 Å². The Balaban J connectivity index is 1.51. The molecular formula is C23H24N6O7S3. The zero-order chi connectivity index (χ0) is 27.6. The van der Waals surface area contributed by atoms with E-state index in [9.17, 15) is 21.6 Å². The standard InChI is InChI=1S/C23H24N6O7S3/c24-39(33,34)25-13-19-27-28-21(36-19)20(38(31,32)14-15-4-2-1-3-5-15)22-26-17-7-6-16(12-18(17)37-22)23(30)29-8-10-35-11-9-29/h1-7,12,20,25H,8-11,13-14H2,(H2,24,33,34). The number of benzene rings is 2. The van der Waals surface area contributed by atoms with E-state index in [1.54, 1.807) is 53.4 Å². The molecule has 1 fully saturated rings. The number of rotatable bonds is 9. The molecule has 206 valence electrons. The number of morpholine rings is 1. The first-order chi connectivity index (χ1) is 18.6. The van der Waals surface area contributed by atoms with Crippen LogP contribution in [-0.4, -0.2) is 69.1 Å². The first-order valence-corrected chi connectivity index (χ1v) is 15.8. The van der Waals surface area contributed by atoms with Gasteiger partial charge in [-0.25, -0.2) is 18.5 Å². The van der Waals surface area contributed by atoms with Gasteiger partial charge in [0.05, 0.1) is 35.7 Å². The molecule has 2 aromatic carbocycles. The van der Waals surface area contributed by atoms with Crippen LogP contribution in [0.3, 0.4) is 0 Å². The van der Waals surface area contributed by atoms with Crippen molar-refractivity contribution < 1.29 is 30.8 Å². The molecule has 1 unspecified atom stereocenters. The van der Waals surface area contributed by atoms with Gasteiger partial charge in [-0.05, 0) is 23.8 Å². The van der Waals surface area contributed by atoms with Gasteiger partial charge in [0, 0.05) is 18.7 Å². The Morgan fingerprint density at radius 2 is 1.82 bits per heavy atom. The molecule has 16 heteroatoms. The molecule has 0 aliphatic carbocycles. The van der Waals surface area contributed by atoms with Crippen LogP contribution in [0.25, 0.3) is 10.2 Å². The van der Waals surface area contributed by atoms with E-state index in [1.165, 1.54) is 0 Å². The van der Waals surface area contributed by atoms with Crippen LogP contribution in [0.1, 0.15) is 38.0 Å². The number of nitrogens with one attached hydrogen (secondary N) is 1. The van der Waals surface area contributed by atoms with E-state index >= 15 is 0 Å². The van der Waals surface area contributed by atoms with Crippen molar-refractivity contribution in [1.82, 2.24) is 24.8 Å². The summed E-state index contributed by atoms with van der Waals surface area (Å²) >= 11 is 1.10. The summed E-state index contributed by atoms with van der Waals surface area (Å²) in [6.45, 7) is 1.51. The lowest BCUT2D eigenvalue weighted by Crippen LogP contribution is -2.40. The summed E-state index contributed by atoms with van der Waals surface area (Å²) < 4.78 is 63.4. The first-order valence-electron chi connectivity index (χ1n) is 11.7. The highest BCUT2D eigenvalue weighted by Crippen LogP contribution is 2.37. The third-order valence-electron chi connectivity index (χ3n) is 5.88. The number of nitrogens with zero attached hydrogens (tertiary/aromatic N) is 4. The van der Waals surface area contributed by atoms with Crippen LogP contribution in [0.4, 0.5) is 0 Å². The van der Waals surface area contributed by atoms with Crippen molar-refractivity contribution in [3.63, 3.8) is 0 Å². The minimum absolute atomic E-state index is 0.146. The average Bonchev–Trinajstić information content (AvgIpc) is 3.54. The second kappa shape index (κ2) is 11.1. The fourth-order valence-electron chi connectivity index (χ4n) is 4.05. The van der Waals surface area contributed by atoms with Crippen molar-refractivity contribution in [1.29, 1.82) is 0 Å². The average molecular weight is 593 g/mol. The van der Waals surface area contributed by atoms with Crippen LogP contribution in [0, 0.1) is 0 Å². The van der Waals surface area contributed by atoms with Crippen LogP contribution >= 0.6 is 11.3 Å². The Labute approximate surface area is 228 Å². The number of hydrogen-bond donors (Lipinski definition) is 2. The number of sulfone groups is 1. The van der Waals surface area contributed by atoms with Crippen molar-refractivity contribution in [2.75, 3.05) is 26.3 Å². The van der Waals surface area contributed by atoms with Gasteiger partial charge in [-0.3, -0.25) is 4.79 Å². The maximum Gasteiger partial charge on any atom is 0.274 e. The lowest BCUT2D eigenvalue weighted by atomic mass is 10.2. The molecule has 1 saturated heterocycles. The van der Waals surface area contributed by atoms with E-state index < -0.39 is 31.8 Å². The second-order valence-corrected chi connectivity index (χ2v) is 13.2. The molecule has 39 heavy (non-hydrogen) atoms. The predicted octanol–water partition coefficient (Wildman–Crippen LogP) is 1.15. The molecule has 4 aromatic rings. The second-order valence-electron chi connectivity index (χ2n) is 8.71. The van der Waals surface area contributed by atoms with Gasteiger partial charge in [-0.15, -0.1) is 21.5 Å². The first kappa shape index (κ1) is 27.3. The molecule has 1 aliphatic heterocycles. The molecule has 5 rings (SSSR count). The Bertz CT molecular complexity index is 1700. The lowest BCUT2D eigenvalue weighted by Gasteiger charge is -2.26. The third kappa shape index (κ3) is 6.48. The number of fused-ring (bicyclic) bond motifs is 1. The summed E-state index contributed by atoms with van der Waals surface area (Å²) in [7, 11) is -8.04. The summed E-state index contributed by atoms with van der Waals surface area (Å²) in [5.74, 6) is -0.908. The molecule has 0 radical (unpaired) electrons. The molecule has 0 spiro atoms. The largest absolute Gasteiger partial charge is 0.422 e. The van der Waals surface area contributed by atoms with Crippen LogP contribution in [0.15, 0.2) is 52.9 Å². The fourth-order valence-corrected chi connectivity index (χ4v) is 7.52. The molecule has 3 N–H and O–H groups in total. The van der Waals surface area contributed by atoms with Gasteiger partial charge in [0.25, 0.3) is 16.1 Å². The van der Waals surface area contributed by atoms with Gasteiger partial charge in [-0.1, -0.05) is 30.3 Å². The normalized spacial score (nSPS) is 15.5. The zero-order valence-electron chi connectivity index (χ0n) is 20.4. The van der Waals surface area contributed by atoms with E-state index in [-0.39, 0.29) is 28.4 Å². The number of amides is 1. The highest BCUT2D eigenvalue weighted by molar-refractivity contribution is 7.91.